The molecule has 0 aromatic carbocycles. The Morgan fingerprint density at radius 3 is 2.65 bits per heavy atom. The summed E-state index contributed by atoms with van der Waals surface area (Å²) in [4.78, 5) is 16.6. The smallest absolute Gasteiger partial charge is 0.227 e. The molecule has 2 fully saturated rings. The normalized spacial score (nSPS) is 30.4. The zero-order valence-corrected chi connectivity index (χ0v) is 14.1. The molecule has 1 aromatic rings. The Morgan fingerprint density at radius 2 is 2.04 bits per heavy atom. The number of aryl methyl sites for hydroxylation is 1. The van der Waals surface area contributed by atoms with Gasteiger partial charge in [0.25, 0.3) is 0 Å². The van der Waals surface area contributed by atoms with E-state index in [9.17, 15) is 4.79 Å². The Hall–Kier alpha value is -1.43. The summed E-state index contributed by atoms with van der Waals surface area (Å²) in [5.41, 5.74) is 6.14. The summed E-state index contributed by atoms with van der Waals surface area (Å²) in [6.45, 7) is 4.04. The molecule has 2 bridgehead atoms. The standard InChI is InChI=1S/C17H28N4O2/c1-10(2)17-20-15(23-21-17)7-6-14(22)19-16-11-4-3-5-12(16)9-13(18)8-11/h10-13,16H,3-9,18H2,1-2H3,(H,19,22). The molecule has 3 N–H and O–H groups in total. The van der Waals surface area contributed by atoms with Crippen molar-refractivity contribution in [2.45, 2.75) is 76.8 Å². The number of nitrogens with zero attached hydrogens (tertiary/aromatic N) is 2. The SMILES string of the molecule is CC(C)c1noc(CCC(=O)NC2C3CCCC2CC(N)C3)n1. The lowest BCUT2D eigenvalue weighted by molar-refractivity contribution is -0.123. The van der Waals surface area contributed by atoms with E-state index in [0.717, 1.165) is 12.8 Å². The van der Waals surface area contributed by atoms with Crippen LogP contribution in [-0.2, 0) is 11.2 Å². The van der Waals surface area contributed by atoms with Crippen LogP contribution in [0.3, 0.4) is 0 Å². The molecule has 0 radical (unpaired) electrons. The predicted octanol–water partition coefficient (Wildman–Crippen LogP) is 2.15. The van der Waals surface area contributed by atoms with Gasteiger partial charge in [-0.15, -0.1) is 0 Å². The maximum absolute atomic E-state index is 12.3. The molecule has 0 spiro atoms. The fraction of sp³-hybridized carbons (Fsp3) is 0.824. The van der Waals surface area contributed by atoms with Crippen LogP contribution in [0.5, 0.6) is 0 Å². The van der Waals surface area contributed by atoms with Gasteiger partial charge in [0.15, 0.2) is 5.82 Å². The third-order valence-corrected chi connectivity index (χ3v) is 5.27. The molecule has 6 nitrogen and oxygen atoms in total. The van der Waals surface area contributed by atoms with Crippen molar-refractivity contribution in [1.29, 1.82) is 0 Å². The molecule has 0 aliphatic heterocycles. The van der Waals surface area contributed by atoms with Gasteiger partial charge in [-0.1, -0.05) is 25.4 Å². The maximum atomic E-state index is 12.3. The molecule has 2 aliphatic rings. The zero-order valence-electron chi connectivity index (χ0n) is 14.1. The molecule has 6 heteroatoms. The minimum atomic E-state index is 0.0895. The van der Waals surface area contributed by atoms with E-state index in [2.05, 4.69) is 15.5 Å². The van der Waals surface area contributed by atoms with Crippen molar-refractivity contribution in [3.63, 3.8) is 0 Å². The summed E-state index contributed by atoms with van der Waals surface area (Å²) >= 11 is 0. The predicted molar refractivity (Wildman–Crippen MR) is 86.7 cm³/mol. The second-order valence-corrected chi connectivity index (χ2v) is 7.48. The average molecular weight is 320 g/mol. The van der Waals surface area contributed by atoms with Crippen molar-refractivity contribution in [3.8, 4) is 0 Å². The first-order chi connectivity index (χ1) is 11.0. The average Bonchev–Trinajstić information content (AvgIpc) is 2.95. The van der Waals surface area contributed by atoms with Crippen LogP contribution >= 0.6 is 0 Å². The van der Waals surface area contributed by atoms with Gasteiger partial charge in [-0.05, 0) is 37.5 Å². The van der Waals surface area contributed by atoms with Crippen LogP contribution in [0.2, 0.25) is 0 Å². The van der Waals surface area contributed by atoms with E-state index in [-0.39, 0.29) is 11.8 Å². The number of aromatic nitrogens is 2. The third-order valence-electron chi connectivity index (χ3n) is 5.27. The number of rotatable bonds is 5. The van der Waals surface area contributed by atoms with Gasteiger partial charge in [0.2, 0.25) is 11.8 Å². The van der Waals surface area contributed by atoms with E-state index in [4.69, 9.17) is 10.3 Å². The second kappa shape index (κ2) is 6.99. The Labute approximate surface area is 137 Å². The van der Waals surface area contributed by atoms with E-state index in [1.807, 2.05) is 13.8 Å². The quantitative estimate of drug-likeness (QED) is 0.867. The van der Waals surface area contributed by atoms with Gasteiger partial charge in [-0.3, -0.25) is 4.79 Å². The van der Waals surface area contributed by atoms with Gasteiger partial charge in [0.05, 0.1) is 0 Å². The molecule has 0 saturated heterocycles. The fourth-order valence-electron chi connectivity index (χ4n) is 4.11. The highest BCUT2D eigenvalue weighted by Gasteiger charge is 2.39. The summed E-state index contributed by atoms with van der Waals surface area (Å²) in [7, 11) is 0. The number of carbonyl (C=O) groups excluding carboxylic acids is 1. The van der Waals surface area contributed by atoms with Crippen LogP contribution in [0.25, 0.3) is 0 Å². The van der Waals surface area contributed by atoms with Crippen LogP contribution in [0.1, 0.15) is 70.0 Å². The topological polar surface area (TPSA) is 94.0 Å². The van der Waals surface area contributed by atoms with Crippen LogP contribution in [0.15, 0.2) is 4.52 Å². The first-order valence-electron chi connectivity index (χ1n) is 8.90. The van der Waals surface area contributed by atoms with Crippen LogP contribution < -0.4 is 11.1 Å². The van der Waals surface area contributed by atoms with E-state index in [1.165, 1.54) is 19.3 Å². The molecule has 128 valence electrons. The first kappa shape index (κ1) is 16.4. The van der Waals surface area contributed by atoms with Crippen LogP contribution in [0.4, 0.5) is 0 Å². The third kappa shape index (κ3) is 3.91. The number of fused-ring (bicyclic) bond motifs is 2. The van der Waals surface area contributed by atoms with Crippen molar-refractivity contribution in [2.24, 2.45) is 17.6 Å². The molecule has 2 aliphatic carbocycles. The lowest BCUT2D eigenvalue weighted by Gasteiger charge is -2.45. The first-order valence-corrected chi connectivity index (χ1v) is 8.90. The van der Waals surface area contributed by atoms with Crippen molar-refractivity contribution >= 4 is 5.91 Å². The molecule has 1 amide bonds. The summed E-state index contributed by atoms with van der Waals surface area (Å²) < 4.78 is 5.20. The molecule has 1 heterocycles. The van der Waals surface area contributed by atoms with Gasteiger partial charge >= 0.3 is 0 Å². The Balaban J connectivity index is 1.51. The van der Waals surface area contributed by atoms with Crippen molar-refractivity contribution in [1.82, 2.24) is 15.5 Å². The lowest BCUT2D eigenvalue weighted by atomic mass is 9.67. The molecule has 2 saturated carbocycles. The van der Waals surface area contributed by atoms with Gasteiger partial charge < -0.3 is 15.6 Å². The lowest BCUT2D eigenvalue weighted by Crippen LogP contribution is -2.53. The summed E-state index contributed by atoms with van der Waals surface area (Å²) in [6, 6.07) is 0.622. The van der Waals surface area contributed by atoms with Crippen molar-refractivity contribution in [3.05, 3.63) is 11.7 Å². The van der Waals surface area contributed by atoms with E-state index in [0.29, 0.717) is 48.5 Å². The highest BCUT2D eigenvalue weighted by atomic mass is 16.5. The maximum Gasteiger partial charge on any atom is 0.227 e. The minimum Gasteiger partial charge on any atom is -0.353 e. The van der Waals surface area contributed by atoms with Gasteiger partial charge in [-0.2, -0.15) is 4.98 Å². The Bertz CT molecular complexity index is 528. The number of nitrogens with two attached hydrogens (primary N) is 1. The second-order valence-electron chi connectivity index (χ2n) is 7.48. The zero-order chi connectivity index (χ0) is 16.4. The molecule has 3 rings (SSSR count). The Morgan fingerprint density at radius 1 is 1.35 bits per heavy atom. The van der Waals surface area contributed by atoms with E-state index >= 15 is 0 Å². The van der Waals surface area contributed by atoms with Crippen molar-refractivity contribution < 1.29 is 9.32 Å². The number of hydrogen-bond acceptors (Lipinski definition) is 5. The summed E-state index contributed by atoms with van der Waals surface area (Å²) in [5.74, 6) is 2.69. The Kier molecular flexibility index (Phi) is 4.99. The summed E-state index contributed by atoms with van der Waals surface area (Å²) in [5, 5.41) is 7.19. The van der Waals surface area contributed by atoms with Gasteiger partial charge in [0.1, 0.15) is 0 Å². The molecular formula is C17H28N4O2. The molecule has 2 atom stereocenters. The number of hydrogen-bond donors (Lipinski definition) is 2. The molecule has 2 unspecified atom stereocenters. The molecule has 1 aromatic heterocycles. The van der Waals surface area contributed by atoms with Gasteiger partial charge in [-0.25, -0.2) is 0 Å². The van der Waals surface area contributed by atoms with Crippen LogP contribution in [0, 0.1) is 11.8 Å². The van der Waals surface area contributed by atoms with E-state index < -0.39 is 0 Å². The highest BCUT2D eigenvalue weighted by Crippen LogP contribution is 2.39. The monoisotopic (exact) mass is 320 g/mol. The number of nitrogens with one attached hydrogen (secondary N) is 1. The number of carbonyl (C=O) groups is 1. The fourth-order valence-corrected chi connectivity index (χ4v) is 4.11. The number of amides is 1. The highest BCUT2D eigenvalue weighted by molar-refractivity contribution is 5.76. The summed E-state index contributed by atoms with van der Waals surface area (Å²) in [6.07, 6.45) is 6.65. The molecule has 23 heavy (non-hydrogen) atoms. The van der Waals surface area contributed by atoms with Gasteiger partial charge in [0, 0.05) is 30.8 Å². The largest absolute Gasteiger partial charge is 0.353 e. The molecular weight excluding hydrogens is 292 g/mol. The van der Waals surface area contributed by atoms with E-state index in [1.54, 1.807) is 0 Å². The van der Waals surface area contributed by atoms with Crippen molar-refractivity contribution in [2.75, 3.05) is 0 Å². The van der Waals surface area contributed by atoms with Crippen LogP contribution in [-0.4, -0.2) is 28.1 Å². The minimum absolute atomic E-state index is 0.0895.